The molecule has 0 saturated carbocycles. The first-order valence-corrected chi connectivity index (χ1v) is 9.09. The van der Waals surface area contributed by atoms with Crippen molar-refractivity contribution < 1.29 is 14.1 Å². The number of rotatable bonds is 4. The zero-order valence-electron chi connectivity index (χ0n) is 15.1. The van der Waals surface area contributed by atoms with Crippen LogP contribution in [0.4, 0.5) is 0 Å². The Morgan fingerprint density at radius 3 is 2.32 bits per heavy atom. The predicted octanol–water partition coefficient (Wildman–Crippen LogP) is 4.28. The number of benzene rings is 1. The zero-order chi connectivity index (χ0) is 17.6. The highest BCUT2D eigenvalue weighted by atomic mass is 16.5. The molecule has 1 aliphatic heterocycles. The lowest BCUT2D eigenvalue weighted by Gasteiger charge is -2.24. The average Bonchev–Trinajstić information content (AvgIpc) is 2.91. The summed E-state index contributed by atoms with van der Waals surface area (Å²) in [7, 11) is 0. The molecule has 5 nitrogen and oxygen atoms in total. The molecule has 0 atom stereocenters. The van der Waals surface area contributed by atoms with Crippen LogP contribution in [-0.4, -0.2) is 29.1 Å². The van der Waals surface area contributed by atoms with Gasteiger partial charge in [0, 0.05) is 18.7 Å². The molecular weight excluding hydrogens is 316 g/mol. The second-order valence-corrected chi connectivity index (χ2v) is 6.68. The molecule has 3 rings (SSSR count). The van der Waals surface area contributed by atoms with Gasteiger partial charge in [0.15, 0.2) is 0 Å². The number of amides is 1. The zero-order valence-corrected chi connectivity index (χ0v) is 15.1. The summed E-state index contributed by atoms with van der Waals surface area (Å²) >= 11 is 0. The largest absolute Gasteiger partial charge is 0.489 e. The molecule has 0 bridgehead atoms. The summed E-state index contributed by atoms with van der Waals surface area (Å²) in [6.07, 6.45) is 5.93. The molecule has 0 unspecified atom stereocenters. The molecule has 1 fully saturated rings. The first-order valence-electron chi connectivity index (χ1n) is 9.09. The van der Waals surface area contributed by atoms with Gasteiger partial charge in [-0.15, -0.1) is 0 Å². The van der Waals surface area contributed by atoms with Gasteiger partial charge in [0.25, 0.3) is 5.91 Å². The van der Waals surface area contributed by atoms with E-state index in [1.54, 1.807) is 0 Å². The monoisotopic (exact) mass is 342 g/mol. The number of nitrogens with zero attached hydrogens (tertiary/aromatic N) is 2. The van der Waals surface area contributed by atoms with Gasteiger partial charge in [-0.2, -0.15) is 0 Å². The fourth-order valence-electron chi connectivity index (χ4n) is 3.19. The Labute approximate surface area is 148 Å². The summed E-state index contributed by atoms with van der Waals surface area (Å²) in [6.45, 7) is 5.93. The summed E-state index contributed by atoms with van der Waals surface area (Å²) < 4.78 is 10.9. The lowest BCUT2D eigenvalue weighted by Crippen LogP contribution is -2.33. The second-order valence-electron chi connectivity index (χ2n) is 6.68. The highest BCUT2D eigenvalue weighted by molar-refractivity contribution is 5.94. The summed E-state index contributed by atoms with van der Waals surface area (Å²) in [6, 6.07) is 7.42. The van der Waals surface area contributed by atoms with Crippen molar-refractivity contribution in [2.45, 2.75) is 52.6 Å². The number of ether oxygens (including phenoxy) is 1. The lowest BCUT2D eigenvalue weighted by molar-refractivity contribution is 0.0742. The standard InChI is InChI=1S/C20H26N2O3/c1-15-19(16(2)25-21-15)14-24-18-10-8-17(9-11-18)20(23)22-12-6-4-3-5-7-13-22/h8-11H,3-7,12-14H2,1-2H3. The number of likely N-dealkylation sites (tertiary alicyclic amines) is 1. The first-order chi connectivity index (χ1) is 12.1. The minimum absolute atomic E-state index is 0.124. The van der Waals surface area contributed by atoms with Crippen LogP contribution in [0.3, 0.4) is 0 Å². The molecule has 1 amide bonds. The maximum atomic E-state index is 12.7. The maximum Gasteiger partial charge on any atom is 0.253 e. The van der Waals surface area contributed by atoms with Gasteiger partial charge in [-0.1, -0.05) is 24.4 Å². The summed E-state index contributed by atoms with van der Waals surface area (Å²) in [5.41, 5.74) is 2.55. The first kappa shape index (κ1) is 17.5. The molecule has 0 N–H and O–H groups in total. The van der Waals surface area contributed by atoms with E-state index in [0.29, 0.717) is 6.61 Å². The minimum Gasteiger partial charge on any atom is -0.489 e. The van der Waals surface area contributed by atoms with E-state index in [4.69, 9.17) is 9.26 Å². The fraction of sp³-hybridized carbons (Fsp3) is 0.500. The van der Waals surface area contributed by atoms with E-state index in [0.717, 1.165) is 54.3 Å². The molecule has 1 aromatic heterocycles. The topological polar surface area (TPSA) is 55.6 Å². The third-order valence-corrected chi connectivity index (χ3v) is 4.81. The van der Waals surface area contributed by atoms with E-state index in [9.17, 15) is 4.79 Å². The summed E-state index contributed by atoms with van der Waals surface area (Å²) in [5, 5.41) is 3.93. The van der Waals surface area contributed by atoms with Crippen molar-refractivity contribution in [3.8, 4) is 5.75 Å². The van der Waals surface area contributed by atoms with Gasteiger partial charge in [-0.25, -0.2) is 0 Å². The van der Waals surface area contributed by atoms with Crippen LogP contribution in [0.25, 0.3) is 0 Å². The molecule has 134 valence electrons. The van der Waals surface area contributed by atoms with Gasteiger partial charge in [0.2, 0.25) is 0 Å². The van der Waals surface area contributed by atoms with Crippen LogP contribution in [0.2, 0.25) is 0 Å². The Morgan fingerprint density at radius 2 is 1.72 bits per heavy atom. The second kappa shape index (κ2) is 8.19. The molecule has 0 aliphatic carbocycles. The molecule has 2 heterocycles. The van der Waals surface area contributed by atoms with Crippen LogP contribution < -0.4 is 4.74 Å². The Kier molecular flexibility index (Phi) is 5.74. The molecule has 1 saturated heterocycles. The van der Waals surface area contributed by atoms with Gasteiger partial charge in [-0.05, 0) is 51.0 Å². The molecular formula is C20H26N2O3. The highest BCUT2D eigenvalue weighted by Crippen LogP contribution is 2.19. The van der Waals surface area contributed by atoms with E-state index in [1.807, 2.05) is 43.0 Å². The van der Waals surface area contributed by atoms with Gasteiger partial charge in [0.1, 0.15) is 18.1 Å². The smallest absolute Gasteiger partial charge is 0.253 e. The van der Waals surface area contributed by atoms with Gasteiger partial charge < -0.3 is 14.2 Å². The van der Waals surface area contributed by atoms with Crippen molar-refractivity contribution >= 4 is 5.91 Å². The lowest BCUT2D eigenvalue weighted by atomic mass is 10.1. The Balaban J connectivity index is 1.60. The molecule has 1 aromatic carbocycles. The third-order valence-electron chi connectivity index (χ3n) is 4.81. The quantitative estimate of drug-likeness (QED) is 0.832. The molecule has 1 aliphatic rings. The maximum absolute atomic E-state index is 12.7. The Morgan fingerprint density at radius 1 is 1.08 bits per heavy atom. The van der Waals surface area contributed by atoms with Gasteiger partial charge in [-0.3, -0.25) is 4.79 Å². The summed E-state index contributed by atoms with van der Waals surface area (Å²) in [4.78, 5) is 14.7. The Bertz CT molecular complexity index is 679. The number of hydrogen-bond acceptors (Lipinski definition) is 4. The van der Waals surface area contributed by atoms with Crippen LogP contribution in [0, 0.1) is 13.8 Å². The number of aryl methyl sites for hydroxylation is 2. The van der Waals surface area contributed by atoms with Crippen LogP contribution in [0.1, 0.15) is 59.5 Å². The highest BCUT2D eigenvalue weighted by Gasteiger charge is 2.16. The summed E-state index contributed by atoms with van der Waals surface area (Å²) in [5.74, 6) is 1.64. The van der Waals surface area contributed by atoms with Crippen LogP contribution >= 0.6 is 0 Å². The molecule has 25 heavy (non-hydrogen) atoms. The van der Waals surface area contributed by atoms with Gasteiger partial charge in [0.05, 0.1) is 11.3 Å². The van der Waals surface area contributed by atoms with Crippen molar-refractivity contribution in [1.29, 1.82) is 0 Å². The third kappa shape index (κ3) is 4.41. The van der Waals surface area contributed by atoms with E-state index in [2.05, 4.69) is 5.16 Å². The van der Waals surface area contributed by atoms with Gasteiger partial charge >= 0.3 is 0 Å². The fourth-order valence-corrected chi connectivity index (χ4v) is 3.19. The van der Waals surface area contributed by atoms with Crippen molar-refractivity contribution in [2.24, 2.45) is 0 Å². The number of aromatic nitrogens is 1. The van der Waals surface area contributed by atoms with Crippen molar-refractivity contribution in [3.63, 3.8) is 0 Å². The molecule has 5 heteroatoms. The average molecular weight is 342 g/mol. The normalized spacial score (nSPS) is 15.5. The van der Waals surface area contributed by atoms with Crippen molar-refractivity contribution in [2.75, 3.05) is 13.1 Å². The van der Waals surface area contributed by atoms with E-state index in [1.165, 1.54) is 19.3 Å². The van der Waals surface area contributed by atoms with Crippen molar-refractivity contribution in [1.82, 2.24) is 10.1 Å². The van der Waals surface area contributed by atoms with E-state index in [-0.39, 0.29) is 5.91 Å². The SMILES string of the molecule is Cc1noc(C)c1COc1ccc(C(=O)N2CCCCCCC2)cc1. The van der Waals surface area contributed by atoms with E-state index < -0.39 is 0 Å². The number of hydrogen-bond donors (Lipinski definition) is 0. The number of carbonyl (C=O) groups excluding carboxylic acids is 1. The Hall–Kier alpha value is -2.30. The number of carbonyl (C=O) groups is 1. The van der Waals surface area contributed by atoms with Crippen LogP contribution in [0.5, 0.6) is 5.75 Å². The molecule has 2 aromatic rings. The molecule has 0 spiro atoms. The van der Waals surface area contributed by atoms with E-state index >= 15 is 0 Å². The minimum atomic E-state index is 0.124. The van der Waals surface area contributed by atoms with Crippen molar-refractivity contribution in [3.05, 3.63) is 46.8 Å². The predicted molar refractivity (Wildman–Crippen MR) is 95.7 cm³/mol. The molecule has 0 radical (unpaired) electrons. The van der Waals surface area contributed by atoms with Crippen LogP contribution in [-0.2, 0) is 6.61 Å². The van der Waals surface area contributed by atoms with Crippen LogP contribution in [0.15, 0.2) is 28.8 Å².